The highest BCUT2D eigenvalue weighted by Gasteiger charge is 2.50. The largest absolute Gasteiger partial charge is 0.355 e. The van der Waals surface area contributed by atoms with Crippen LogP contribution in [-0.2, 0) is 55.6 Å². The Morgan fingerprint density at radius 3 is 2.08 bits per heavy atom. The van der Waals surface area contributed by atoms with Crippen LogP contribution in [0.25, 0.3) is 21.5 Å². The van der Waals surface area contributed by atoms with Crippen LogP contribution in [0, 0.1) is 5.41 Å². The lowest BCUT2D eigenvalue weighted by molar-refractivity contribution is -0.437. The van der Waals surface area contributed by atoms with Crippen LogP contribution in [0.1, 0.15) is 117 Å². The molecule has 1 atom stereocenters. The zero-order valence-corrected chi connectivity index (χ0v) is 46.1. The van der Waals surface area contributed by atoms with Gasteiger partial charge in [-0.1, -0.05) is 83.0 Å². The summed E-state index contributed by atoms with van der Waals surface area (Å²) >= 11 is 0. The molecule has 75 heavy (non-hydrogen) atoms. The lowest BCUT2D eigenvalue weighted by Crippen LogP contribution is -2.53. The quantitative estimate of drug-likeness (QED) is 0.0226. The number of nitrogens with one attached hydrogen (secondary N) is 2. The Kier molecular flexibility index (Phi) is 16.7. The van der Waals surface area contributed by atoms with Gasteiger partial charge in [-0.05, 0) is 122 Å². The van der Waals surface area contributed by atoms with E-state index >= 15 is 0 Å². The van der Waals surface area contributed by atoms with E-state index in [1.807, 2.05) is 89.3 Å². The summed E-state index contributed by atoms with van der Waals surface area (Å²) in [6, 6.07) is 16.8. The second-order valence-electron chi connectivity index (χ2n) is 21.0. The second-order valence-corrected chi connectivity index (χ2v) is 25.4. The molecular formula is C56H69N4O12S3+. The molecule has 402 valence electrons. The minimum atomic E-state index is -4.56. The van der Waals surface area contributed by atoms with Crippen LogP contribution in [0.2, 0.25) is 0 Å². The Morgan fingerprint density at radius 2 is 1.43 bits per heavy atom. The molecule has 2 amide bonds. The molecule has 4 aromatic carbocycles. The molecule has 7 rings (SSSR count). The van der Waals surface area contributed by atoms with E-state index in [1.54, 1.807) is 18.2 Å². The zero-order valence-electron chi connectivity index (χ0n) is 43.7. The maximum atomic E-state index is 14.9. The summed E-state index contributed by atoms with van der Waals surface area (Å²) in [4.78, 5) is 43.1. The van der Waals surface area contributed by atoms with Crippen molar-refractivity contribution in [2.24, 2.45) is 5.41 Å². The third-order valence-electron chi connectivity index (χ3n) is 14.7. The number of unbranched alkanes of at least 4 members (excludes halogenated alkanes) is 3. The molecule has 1 unspecified atom stereocenters. The molecule has 0 radical (unpaired) electrons. The standard InChI is InChI=1S/C56H68N4O12S3/c1-8-10-31-60-45-24-21-40-20-22-41(74(67,68)69)34-44(40)51(45)55(6,7)49(60)27-19-39-33-38(35-56(36-39,53(63)58-29-32-73(64,65)66)52(62)57-28-13-11-12-15-37(3)61)18-26-48-54(4,5)50-43-16-14-17-47(75(70,71)72)42(43)23-25-46(50)59(48)30-9-2/h14,16-27,33-34H,8-13,15,28-32,35-36H2,1-7H3,(H4-,57,58,62,63,64,65,66,67,68,69,70,71,72)/p+1. The van der Waals surface area contributed by atoms with E-state index in [0.29, 0.717) is 66.1 Å². The molecule has 0 spiro atoms. The number of anilines is 1. The van der Waals surface area contributed by atoms with Gasteiger partial charge in [0.1, 0.15) is 22.6 Å². The number of carbonyl (C=O) groups is 3. The third-order valence-corrected chi connectivity index (χ3v) is 17.2. The van der Waals surface area contributed by atoms with Crippen LogP contribution in [0.5, 0.6) is 0 Å². The first-order valence-electron chi connectivity index (χ1n) is 25.5. The second kappa shape index (κ2) is 22.0. The Labute approximate surface area is 441 Å². The number of ketones is 1. The Balaban J connectivity index is 1.39. The van der Waals surface area contributed by atoms with Gasteiger partial charge in [0.05, 0.1) is 16.1 Å². The van der Waals surface area contributed by atoms with Crippen molar-refractivity contribution in [2.75, 3.05) is 36.8 Å². The maximum Gasteiger partial charge on any atom is 0.295 e. The molecule has 5 N–H and O–H groups in total. The molecule has 0 fully saturated rings. The summed E-state index contributed by atoms with van der Waals surface area (Å²) in [5, 5.41) is 8.10. The highest BCUT2D eigenvalue weighted by Crippen LogP contribution is 2.52. The molecule has 1 aliphatic carbocycles. The molecule has 0 bridgehead atoms. The number of allylic oxidation sites excluding steroid dienone is 8. The fourth-order valence-electron chi connectivity index (χ4n) is 11.2. The average molecular weight is 1090 g/mol. The molecular weight excluding hydrogens is 1020 g/mol. The van der Waals surface area contributed by atoms with E-state index in [4.69, 9.17) is 0 Å². The highest BCUT2D eigenvalue weighted by atomic mass is 32.2. The number of nitrogens with zero attached hydrogens (tertiary/aromatic N) is 2. The average Bonchev–Trinajstić information content (AvgIpc) is 3.69. The van der Waals surface area contributed by atoms with Crippen LogP contribution >= 0.6 is 0 Å². The Hall–Kier alpha value is -5.83. The number of hydrogen-bond donors (Lipinski definition) is 5. The van der Waals surface area contributed by atoms with Crippen molar-refractivity contribution < 1.29 is 57.9 Å². The topological polar surface area (TPSA) is 245 Å². The number of Topliss-reactive ketones (excluding diaryl/α,β-unsaturated/α-hetero) is 1. The van der Waals surface area contributed by atoms with Gasteiger partial charge in [-0.25, -0.2) is 0 Å². The molecule has 2 aliphatic heterocycles. The summed E-state index contributed by atoms with van der Waals surface area (Å²) in [5.74, 6) is -2.06. The highest BCUT2D eigenvalue weighted by molar-refractivity contribution is 7.86. The van der Waals surface area contributed by atoms with Gasteiger partial charge in [0.2, 0.25) is 17.5 Å². The number of benzene rings is 4. The molecule has 16 nitrogen and oxygen atoms in total. The van der Waals surface area contributed by atoms with Crippen molar-refractivity contribution in [3.05, 3.63) is 119 Å². The summed E-state index contributed by atoms with van der Waals surface area (Å²) in [7, 11) is -13.6. The van der Waals surface area contributed by atoms with Crippen LogP contribution in [-0.4, -0.2) is 98.7 Å². The number of amides is 2. The fraction of sp³-hybridized carbons (Fsp3) is 0.429. The number of hydrogen-bond acceptors (Lipinski definition) is 10. The monoisotopic (exact) mass is 1090 g/mol. The predicted octanol–water partition coefficient (Wildman–Crippen LogP) is 9.21. The van der Waals surface area contributed by atoms with Crippen molar-refractivity contribution in [1.29, 1.82) is 0 Å². The molecule has 19 heteroatoms. The van der Waals surface area contributed by atoms with Crippen molar-refractivity contribution >= 4 is 86.6 Å². The number of rotatable bonds is 21. The van der Waals surface area contributed by atoms with Crippen LogP contribution in [0.4, 0.5) is 11.4 Å². The van der Waals surface area contributed by atoms with E-state index in [9.17, 15) is 53.3 Å². The first kappa shape index (κ1) is 56.9. The normalized spacial score (nSPS) is 19.5. The summed E-state index contributed by atoms with van der Waals surface area (Å²) in [6.07, 6.45) is 14.0. The number of carbonyl (C=O) groups excluding carboxylic acids is 3. The van der Waals surface area contributed by atoms with Crippen LogP contribution in [0.3, 0.4) is 0 Å². The van der Waals surface area contributed by atoms with Crippen molar-refractivity contribution in [3.8, 4) is 0 Å². The van der Waals surface area contributed by atoms with E-state index in [0.717, 1.165) is 58.6 Å². The molecule has 3 aliphatic rings. The minimum absolute atomic E-state index is 0.0573. The van der Waals surface area contributed by atoms with Gasteiger partial charge >= 0.3 is 0 Å². The summed E-state index contributed by atoms with van der Waals surface area (Å²) in [6.45, 7) is 14.7. The van der Waals surface area contributed by atoms with Crippen LogP contribution < -0.4 is 15.5 Å². The van der Waals surface area contributed by atoms with Gasteiger partial charge in [0, 0.05) is 72.4 Å². The fourth-order valence-corrected chi connectivity index (χ4v) is 12.8. The van der Waals surface area contributed by atoms with E-state index in [-0.39, 0.29) is 35.0 Å². The van der Waals surface area contributed by atoms with Crippen LogP contribution in [0.15, 0.2) is 118 Å². The molecule has 0 saturated heterocycles. The van der Waals surface area contributed by atoms with Gasteiger partial charge in [-0.15, -0.1) is 0 Å². The SMILES string of the molecule is CCCCN1C(=CC=C2C=C(C=CC3=[N+](CCC)c4ccc5c(S(=O)(=O)O)cccc5c4C3(C)C)CC(C(=O)NCCCCCC(C)=O)(C(=O)NCCS(=O)(=O)O)C2)C(C)(C)c2c1ccc1ccc(S(=O)(=O)O)cc21. The van der Waals surface area contributed by atoms with Gasteiger partial charge < -0.3 is 20.3 Å². The smallest absolute Gasteiger partial charge is 0.295 e. The van der Waals surface area contributed by atoms with E-state index in [1.165, 1.54) is 25.1 Å². The Morgan fingerprint density at radius 1 is 0.720 bits per heavy atom. The lowest BCUT2D eigenvalue weighted by atomic mass is 9.70. The van der Waals surface area contributed by atoms with E-state index in [2.05, 4.69) is 27.0 Å². The maximum absolute atomic E-state index is 14.9. The molecule has 0 aromatic heterocycles. The predicted molar refractivity (Wildman–Crippen MR) is 293 cm³/mol. The van der Waals surface area contributed by atoms with Crippen molar-refractivity contribution in [2.45, 2.75) is 127 Å². The first-order chi connectivity index (χ1) is 35.2. The van der Waals surface area contributed by atoms with Gasteiger partial charge in [0.25, 0.3) is 30.4 Å². The molecule has 2 heterocycles. The minimum Gasteiger partial charge on any atom is -0.355 e. The van der Waals surface area contributed by atoms with Gasteiger partial charge in [0.15, 0.2) is 5.71 Å². The number of fused-ring (bicyclic) bond motifs is 6. The van der Waals surface area contributed by atoms with Crippen molar-refractivity contribution in [3.63, 3.8) is 0 Å². The van der Waals surface area contributed by atoms with E-state index < -0.39 is 70.7 Å². The first-order valence-corrected chi connectivity index (χ1v) is 30.0. The third kappa shape index (κ3) is 11.9. The van der Waals surface area contributed by atoms with Crippen molar-refractivity contribution in [1.82, 2.24) is 10.6 Å². The summed E-state index contributed by atoms with van der Waals surface area (Å²) < 4.78 is 106. The lowest BCUT2D eigenvalue weighted by Gasteiger charge is -2.35. The van der Waals surface area contributed by atoms with Gasteiger partial charge in [-0.3, -0.25) is 23.2 Å². The molecule has 0 saturated carbocycles. The van der Waals surface area contributed by atoms with Gasteiger partial charge in [-0.2, -0.15) is 29.8 Å². The molecule has 4 aromatic rings. The Bertz CT molecular complexity index is 3480. The zero-order chi connectivity index (χ0) is 54.9. The summed E-state index contributed by atoms with van der Waals surface area (Å²) in [5.41, 5.74) is 3.01.